The monoisotopic (exact) mass is 471 g/mol. The quantitative estimate of drug-likeness (QED) is 0.169. The van der Waals surface area contributed by atoms with Crippen molar-refractivity contribution in [2.45, 2.75) is 56.5 Å². The van der Waals surface area contributed by atoms with Gasteiger partial charge in [-0.05, 0) is 56.0 Å². The number of thioether (sulfide) groups is 1. The smallest absolute Gasteiger partial charge is 0.339 e. The van der Waals surface area contributed by atoms with Crippen LogP contribution in [0.25, 0.3) is 10.2 Å². The summed E-state index contributed by atoms with van der Waals surface area (Å²) in [5.41, 5.74) is 2.90. The van der Waals surface area contributed by atoms with Crippen molar-refractivity contribution in [3.05, 3.63) is 56.5 Å². The molecule has 0 aliphatic heterocycles. The number of carbonyl (C=O) groups excluding carboxylic acids is 2. The number of hydrogen-bond acceptors (Lipinski definition) is 7. The van der Waals surface area contributed by atoms with Crippen molar-refractivity contribution in [3.8, 4) is 0 Å². The number of H-pyrrole nitrogens is 1. The molecule has 1 saturated carbocycles. The van der Waals surface area contributed by atoms with E-state index < -0.39 is 11.2 Å². The van der Waals surface area contributed by atoms with Crippen LogP contribution in [0.1, 0.15) is 63.4 Å². The lowest BCUT2D eigenvalue weighted by Gasteiger charge is -2.14. The van der Waals surface area contributed by atoms with Gasteiger partial charge in [0, 0.05) is 12.2 Å². The Balaban J connectivity index is 1.69. The first kappa shape index (κ1) is 22.5. The largest absolute Gasteiger partial charge is 0.465 e. The lowest BCUT2D eigenvalue weighted by molar-refractivity contribution is 0.0599. The van der Waals surface area contributed by atoms with Gasteiger partial charge in [-0.25, -0.2) is 9.78 Å². The number of ketones is 1. The van der Waals surface area contributed by atoms with E-state index >= 15 is 0 Å². The molecule has 0 spiro atoms. The minimum Gasteiger partial charge on any atom is -0.465 e. The lowest BCUT2D eigenvalue weighted by Crippen LogP contribution is -2.25. The number of fused-ring (bicyclic) bond motifs is 1. The Kier molecular flexibility index (Phi) is 6.13. The normalized spacial score (nSPS) is 14.5. The molecule has 1 atom stereocenters. The van der Waals surface area contributed by atoms with Crippen molar-refractivity contribution >= 4 is 45.1 Å². The minimum absolute atomic E-state index is 0.0833. The number of carbonyl (C=O) groups is 2. The Morgan fingerprint density at radius 1 is 1.44 bits per heavy atom. The lowest BCUT2D eigenvalue weighted by atomic mass is 10.1. The second-order valence-electron chi connectivity index (χ2n) is 7.99. The molecule has 32 heavy (non-hydrogen) atoms. The molecule has 1 aliphatic carbocycles. The highest BCUT2D eigenvalue weighted by molar-refractivity contribution is 8.00. The molecular formula is C23H25N3O4S2. The summed E-state index contributed by atoms with van der Waals surface area (Å²) in [5, 5.41) is 2.69. The van der Waals surface area contributed by atoms with E-state index in [0.29, 0.717) is 50.4 Å². The van der Waals surface area contributed by atoms with E-state index in [1.807, 2.05) is 5.38 Å². The molecule has 168 valence electrons. The van der Waals surface area contributed by atoms with E-state index in [9.17, 15) is 14.4 Å². The Labute approximate surface area is 193 Å². The molecule has 0 saturated heterocycles. The number of allylic oxidation sites excluding steroid dienone is 1. The SMILES string of the molecule is C=CCn1c(S[C@@H](C)C(=O)c2[nH]c(C)c(C(=O)OC)c2C)nc2scc(C3CC3)c2c1=O. The molecule has 3 aromatic heterocycles. The summed E-state index contributed by atoms with van der Waals surface area (Å²) in [5.74, 6) is -0.195. The van der Waals surface area contributed by atoms with Crippen LogP contribution in [0.5, 0.6) is 0 Å². The van der Waals surface area contributed by atoms with Gasteiger partial charge in [0.25, 0.3) is 5.56 Å². The number of esters is 1. The third-order valence-electron chi connectivity index (χ3n) is 5.74. The average Bonchev–Trinajstić information content (AvgIpc) is 3.45. The summed E-state index contributed by atoms with van der Waals surface area (Å²) >= 11 is 2.71. The first-order valence-corrected chi connectivity index (χ1v) is 12.2. The number of ether oxygens (including phenoxy) is 1. The summed E-state index contributed by atoms with van der Waals surface area (Å²) in [6.07, 6.45) is 3.88. The Morgan fingerprint density at radius 2 is 2.16 bits per heavy atom. The van der Waals surface area contributed by atoms with Crippen molar-refractivity contribution in [1.82, 2.24) is 14.5 Å². The van der Waals surface area contributed by atoms with E-state index in [1.165, 1.54) is 30.2 Å². The predicted molar refractivity (Wildman–Crippen MR) is 127 cm³/mol. The first-order chi connectivity index (χ1) is 15.3. The van der Waals surface area contributed by atoms with Crippen LogP contribution in [0, 0.1) is 13.8 Å². The topological polar surface area (TPSA) is 94.1 Å². The van der Waals surface area contributed by atoms with E-state index in [4.69, 9.17) is 9.72 Å². The van der Waals surface area contributed by atoms with Crippen LogP contribution in [0.15, 0.2) is 28.0 Å². The molecule has 9 heteroatoms. The fraction of sp³-hybridized carbons (Fsp3) is 0.391. The Bertz CT molecular complexity index is 1300. The van der Waals surface area contributed by atoms with E-state index in [1.54, 1.807) is 31.4 Å². The molecule has 3 heterocycles. The van der Waals surface area contributed by atoms with Gasteiger partial charge in [0.15, 0.2) is 10.9 Å². The fourth-order valence-electron chi connectivity index (χ4n) is 3.92. The van der Waals surface area contributed by atoms with Crippen molar-refractivity contribution in [1.29, 1.82) is 0 Å². The van der Waals surface area contributed by atoms with Gasteiger partial charge in [0.2, 0.25) is 0 Å². The van der Waals surface area contributed by atoms with Gasteiger partial charge in [-0.15, -0.1) is 17.9 Å². The predicted octanol–water partition coefficient (Wildman–Crippen LogP) is 4.62. The molecule has 0 bridgehead atoms. The third kappa shape index (κ3) is 3.84. The zero-order valence-electron chi connectivity index (χ0n) is 18.5. The van der Waals surface area contributed by atoms with Crippen LogP contribution in [0.3, 0.4) is 0 Å². The highest BCUT2D eigenvalue weighted by Crippen LogP contribution is 2.44. The van der Waals surface area contributed by atoms with Gasteiger partial charge in [-0.2, -0.15) is 0 Å². The standard InChI is InChI=1S/C23H25N3O4S2/c1-6-9-26-21(28)17-15(14-7-8-14)10-31-20(17)25-23(26)32-13(4)19(27)18-11(2)16(12(3)24-18)22(29)30-5/h6,10,13-14,24H,1,7-9H2,2-5H3/t13-/m0/s1. The maximum absolute atomic E-state index is 13.3. The second-order valence-corrected chi connectivity index (χ2v) is 10.2. The number of aromatic amines is 1. The Morgan fingerprint density at radius 3 is 2.78 bits per heavy atom. The second kappa shape index (κ2) is 8.71. The molecule has 1 fully saturated rings. The van der Waals surface area contributed by atoms with Crippen LogP contribution in [0.2, 0.25) is 0 Å². The molecule has 3 aromatic rings. The summed E-state index contributed by atoms with van der Waals surface area (Å²) < 4.78 is 6.43. The summed E-state index contributed by atoms with van der Waals surface area (Å²) in [7, 11) is 1.31. The van der Waals surface area contributed by atoms with Gasteiger partial charge >= 0.3 is 5.97 Å². The molecule has 0 amide bonds. The maximum atomic E-state index is 13.3. The van der Waals surface area contributed by atoms with Crippen molar-refractivity contribution in [2.24, 2.45) is 0 Å². The first-order valence-electron chi connectivity index (χ1n) is 10.4. The van der Waals surface area contributed by atoms with Crippen LogP contribution in [0.4, 0.5) is 0 Å². The van der Waals surface area contributed by atoms with Crippen LogP contribution in [-0.4, -0.2) is 38.6 Å². The highest BCUT2D eigenvalue weighted by atomic mass is 32.2. The number of thiophene rings is 1. The van der Waals surface area contributed by atoms with Crippen LogP contribution < -0.4 is 5.56 Å². The van der Waals surface area contributed by atoms with Gasteiger partial charge < -0.3 is 9.72 Å². The van der Waals surface area contributed by atoms with Gasteiger partial charge in [-0.3, -0.25) is 14.2 Å². The molecule has 4 rings (SSSR count). The Hall–Kier alpha value is -2.65. The third-order valence-corrected chi connectivity index (χ3v) is 7.72. The number of nitrogens with zero attached hydrogens (tertiary/aromatic N) is 2. The van der Waals surface area contributed by atoms with Crippen LogP contribution in [-0.2, 0) is 11.3 Å². The van der Waals surface area contributed by atoms with Gasteiger partial charge in [-0.1, -0.05) is 17.8 Å². The van der Waals surface area contributed by atoms with Crippen molar-refractivity contribution in [2.75, 3.05) is 7.11 Å². The van der Waals surface area contributed by atoms with Crippen molar-refractivity contribution < 1.29 is 14.3 Å². The zero-order chi connectivity index (χ0) is 23.2. The van der Waals surface area contributed by atoms with Crippen molar-refractivity contribution in [3.63, 3.8) is 0 Å². The number of methoxy groups -OCH3 is 1. The minimum atomic E-state index is -0.527. The number of nitrogens with one attached hydrogen (secondary N) is 1. The van der Waals surface area contributed by atoms with E-state index in [2.05, 4.69) is 11.6 Å². The summed E-state index contributed by atoms with van der Waals surface area (Å²) in [6, 6.07) is 0. The maximum Gasteiger partial charge on any atom is 0.339 e. The number of hydrogen-bond donors (Lipinski definition) is 1. The molecule has 0 aromatic carbocycles. The summed E-state index contributed by atoms with van der Waals surface area (Å²) in [6.45, 7) is 9.33. The van der Waals surface area contributed by atoms with Crippen LogP contribution >= 0.6 is 23.1 Å². The molecule has 0 unspecified atom stereocenters. The van der Waals surface area contributed by atoms with Gasteiger partial charge in [0.05, 0.1) is 29.0 Å². The highest BCUT2D eigenvalue weighted by Gasteiger charge is 2.30. The number of aryl methyl sites for hydroxylation is 1. The van der Waals surface area contributed by atoms with E-state index in [-0.39, 0.29) is 11.3 Å². The fourth-order valence-corrected chi connectivity index (χ4v) is 5.96. The molecular weight excluding hydrogens is 446 g/mol. The molecule has 1 N–H and O–H groups in total. The number of rotatable bonds is 8. The average molecular weight is 472 g/mol. The number of Topliss-reactive ketones (excluding diaryl/α,β-unsaturated/α-hetero) is 1. The zero-order valence-corrected chi connectivity index (χ0v) is 20.1. The molecule has 7 nitrogen and oxygen atoms in total. The van der Waals surface area contributed by atoms with E-state index in [0.717, 1.165) is 18.4 Å². The molecule has 0 radical (unpaired) electrons. The molecule has 1 aliphatic rings. The van der Waals surface area contributed by atoms with Gasteiger partial charge in [0.1, 0.15) is 4.83 Å². The number of aromatic nitrogens is 3. The summed E-state index contributed by atoms with van der Waals surface area (Å²) in [4.78, 5) is 47.1.